The summed E-state index contributed by atoms with van der Waals surface area (Å²) in [5, 5.41) is 11.4. The molecular weight excluding hydrogens is 252 g/mol. The van der Waals surface area contributed by atoms with Crippen LogP contribution >= 0.6 is 0 Å². The third kappa shape index (κ3) is 5.25. The van der Waals surface area contributed by atoms with Gasteiger partial charge in [-0.15, -0.1) is 0 Å². The Kier molecular flexibility index (Phi) is 7.06. The van der Waals surface area contributed by atoms with E-state index in [0.717, 1.165) is 0 Å². The molecule has 0 aromatic heterocycles. The van der Waals surface area contributed by atoms with Crippen molar-refractivity contribution in [3.63, 3.8) is 0 Å². The van der Waals surface area contributed by atoms with Gasteiger partial charge in [-0.05, 0) is 19.8 Å². The number of methoxy groups -OCH3 is 1. The predicted octanol–water partition coefficient (Wildman–Crippen LogP) is -0.116. The number of carboxylic acid groups (broad SMARTS) is 1. The van der Waals surface area contributed by atoms with E-state index < -0.39 is 29.3 Å². The minimum Gasteiger partial charge on any atom is -0.480 e. The summed E-state index contributed by atoms with van der Waals surface area (Å²) >= 11 is 0. The van der Waals surface area contributed by atoms with Gasteiger partial charge in [-0.2, -0.15) is 0 Å². The van der Waals surface area contributed by atoms with Crippen molar-refractivity contribution in [2.24, 2.45) is 11.1 Å². The number of esters is 1. The molecule has 0 saturated heterocycles. The third-order valence-corrected chi connectivity index (χ3v) is 3.25. The van der Waals surface area contributed by atoms with Crippen LogP contribution in [0.15, 0.2) is 0 Å². The van der Waals surface area contributed by atoms with Gasteiger partial charge in [0.15, 0.2) is 0 Å². The fourth-order valence-corrected chi connectivity index (χ4v) is 1.35. The molecule has 0 aromatic rings. The Morgan fingerprint density at radius 2 is 2.00 bits per heavy atom. The number of nitrogens with one attached hydrogen (secondary N) is 1. The minimum atomic E-state index is -1.19. The van der Waals surface area contributed by atoms with Crippen LogP contribution in [0, 0.1) is 5.41 Å². The number of carboxylic acids is 1. The number of carbonyl (C=O) groups is 3. The summed E-state index contributed by atoms with van der Waals surface area (Å²) in [6, 6.07) is -1.12. The molecule has 7 nitrogen and oxygen atoms in total. The highest BCUT2D eigenvalue weighted by atomic mass is 16.5. The van der Waals surface area contributed by atoms with Gasteiger partial charge in [0, 0.05) is 13.0 Å². The first-order valence-corrected chi connectivity index (χ1v) is 6.11. The first kappa shape index (κ1) is 17.4. The van der Waals surface area contributed by atoms with Crippen LogP contribution in [0.2, 0.25) is 0 Å². The van der Waals surface area contributed by atoms with Crippen LogP contribution in [0.4, 0.5) is 0 Å². The molecule has 19 heavy (non-hydrogen) atoms. The quantitative estimate of drug-likeness (QED) is 0.531. The summed E-state index contributed by atoms with van der Waals surface area (Å²) in [4.78, 5) is 34.0. The Hall–Kier alpha value is -1.63. The van der Waals surface area contributed by atoms with E-state index in [1.807, 2.05) is 0 Å². The average molecular weight is 274 g/mol. The Morgan fingerprint density at radius 3 is 2.37 bits per heavy atom. The fourth-order valence-electron chi connectivity index (χ4n) is 1.35. The van der Waals surface area contributed by atoms with E-state index in [4.69, 9.17) is 10.8 Å². The van der Waals surface area contributed by atoms with Gasteiger partial charge in [0.2, 0.25) is 5.91 Å². The van der Waals surface area contributed by atoms with Crippen molar-refractivity contribution >= 4 is 17.8 Å². The molecule has 0 fully saturated rings. The topological polar surface area (TPSA) is 119 Å². The highest BCUT2D eigenvalue weighted by molar-refractivity contribution is 5.87. The van der Waals surface area contributed by atoms with Gasteiger partial charge in [0.05, 0.1) is 12.5 Å². The molecule has 0 spiro atoms. The van der Waals surface area contributed by atoms with Crippen molar-refractivity contribution < 1.29 is 24.2 Å². The average Bonchev–Trinajstić information content (AvgIpc) is 2.41. The number of nitrogens with two attached hydrogens (primary N) is 1. The summed E-state index contributed by atoms with van der Waals surface area (Å²) in [5.74, 6) is -2.12. The first-order chi connectivity index (χ1) is 8.80. The highest BCUT2D eigenvalue weighted by Gasteiger charge is 2.33. The van der Waals surface area contributed by atoms with Gasteiger partial charge >= 0.3 is 11.9 Å². The van der Waals surface area contributed by atoms with Crippen LogP contribution in [0.1, 0.15) is 33.1 Å². The van der Waals surface area contributed by atoms with E-state index in [1.54, 1.807) is 13.8 Å². The summed E-state index contributed by atoms with van der Waals surface area (Å²) in [6.45, 7) is 3.59. The zero-order valence-corrected chi connectivity index (χ0v) is 11.6. The summed E-state index contributed by atoms with van der Waals surface area (Å²) in [7, 11) is 1.22. The van der Waals surface area contributed by atoms with E-state index in [2.05, 4.69) is 10.1 Å². The van der Waals surface area contributed by atoms with Crippen molar-refractivity contribution in [1.29, 1.82) is 0 Å². The largest absolute Gasteiger partial charge is 0.480 e. The van der Waals surface area contributed by atoms with Gasteiger partial charge in [-0.3, -0.25) is 9.59 Å². The van der Waals surface area contributed by atoms with Gasteiger partial charge < -0.3 is 20.9 Å². The second kappa shape index (κ2) is 7.73. The molecule has 0 bridgehead atoms. The summed E-state index contributed by atoms with van der Waals surface area (Å²) in [6.07, 6.45) is 0.413. The zero-order valence-electron chi connectivity index (χ0n) is 11.6. The van der Waals surface area contributed by atoms with Gasteiger partial charge in [-0.1, -0.05) is 6.92 Å². The number of hydrogen-bond donors (Lipinski definition) is 3. The van der Waals surface area contributed by atoms with Crippen molar-refractivity contribution in [2.45, 2.75) is 39.2 Å². The summed E-state index contributed by atoms with van der Waals surface area (Å²) < 4.78 is 4.43. The van der Waals surface area contributed by atoms with Crippen LogP contribution in [-0.4, -0.2) is 42.6 Å². The Labute approximate surface area is 112 Å². The molecule has 0 heterocycles. The number of carbonyl (C=O) groups excluding carboxylic acids is 2. The highest BCUT2D eigenvalue weighted by Crippen LogP contribution is 2.19. The maximum Gasteiger partial charge on any atom is 0.326 e. The molecular formula is C12H22N2O5. The smallest absolute Gasteiger partial charge is 0.326 e. The van der Waals surface area contributed by atoms with E-state index >= 15 is 0 Å². The molecule has 0 rings (SSSR count). The molecule has 0 aliphatic rings. The number of rotatable bonds is 8. The van der Waals surface area contributed by atoms with Crippen LogP contribution < -0.4 is 11.1 Å². The van der Waals surface area contributed by atoms with E-state index in [-0.39, 0.29) is 19.4 Å². The Balaban J connectivity index is 4.63. The normalized spacial score (nSPS) is 15.2. The molecule has 0 aliphatic heterocycles. The maximum absolute atomic E-state index is 12.0. The monoisotopic (exact) mass is 274 g/mol. The minimum absolute atomic E-state index is 0.0158. The van der Waals surface area contributed by atoms with Crippen molar-refractivity contribution in [1.82, 2.24) is 5.32 Å². The number of hydrogen-bond acceptors (Lipinski definition) is 5. The standard InChI is InChI=1S/C12H22N2O5/c1-4-12(2,7-13)11(18)14-8(10(16)17)5-6-9(15)19-3/h8H,4-7,13H2,1-3H3,(H,14,18)(H,16,17). The molecule has 1 amide bonds. The van der Waals surface area contributed by atoms with E-state index in [9.17, 15) is 14.4 Å². The SMILES string of the molecule is CCC(C)(CN)C(=O)NC(CCC(=O)OC)C(=O)O. The molecule has 4 N–H and O–H groups in total. The summed E-state index contributed by atoms with van der Waals surface area (Å²) in [5.41, 5.74) is 4.73. The lowest BCUT2D eigenvalue weighted by Crippen LogP contribution is -2.50. The van der Waals surface area contributed by atoms with Crippen LogP contribution in [0.25, 0.3) is 0 Å². The van der Waals surface area contributed by atoms with Crippen molar-refractivity contribution in [3.05, 3.63) is 0 Å². The molecule has 7 heteroatoms. The van der Waals surface area contributed by atoms with Crippen LogP contribution in [0.5, 0.6) is 0 Å². The van der Waals surface area contributed by atoms with Crippen LogP contribution in [-0.2, 0) is 19.1 Å². The Morgan fingerprint density at radius 1 is 1.42 bits per heavy atom. The lowest BCUT2D eigenvalue weighted by Gasteiger charge is -2.27. The van der Waals surface area contributed by atoms with Gasteiger partial charge in [-0.25, -0.2) is 4.79 Å². The molecule has 0 aliphatic carbocycles. The maximum atomic E-state index is 12.0. The molecule has 110 valence electrons. The number of aliphatic carboxylic acids is 1. The van der Waals surface area contributed by atoms with Gasteiger partial charge in [0.25, 0.3) is 0 Å². The lowest BCUT2D eigenvalue weighted by atomic mass is 9.86. The predicted molar refractivity (Wildman–Crippen MR) is 68.3 cm³/mol. The van der Waals surface area contributed by atoms with E-state index in [1.165, 1.54) is 7.11 Å². The molecule has 0 radical (unpaired) electrons. The van der Waals surface area contributed by atoms with Crippen molar-refractivity contribution in [2.75, 3.05) is 13.7 Å². The molecule has 2 unspecified atom stereocenters. The molecule has 0 saturated carbocycles. The zero-order chi connectivity index (χ0) is 15.1. The molecule has 0 aromatic carbocycles. The van der Waals surface area contributed by atoms with Crippen LogP contribution in [0.3, 0.4) is 0 Å². The second-order valence-corrected chi connectivity index (χ2v) is 4.60. The van der Waals surface area contributed by atoms with Gasteiger partial charge in [0.1, 0.15) is 6.04 Å². The molecule has 2 atom stereocenters. The number of amides is 1. The lowest BCUT2D eigenvalue weighted by molar-refractivity contribution is -0.145. The fraction of sp³-hybridized carbons (Fsp3) is 0.750. The first-order valence-electron chi connectivity index (χ1n) is 6.11. The van der Waals surface area contributed by atoms with E-state index in [0.29, 0.717) is 6.42 Å². The number of ether oxygens (including phenoxy) is 1. The Bertz CT molecular complexity index is 339. The second-order valence-electron chi connectivity index (χ2n) is 4.60. The third-order valence-electron chi connectivity index (χ3n) is 3.25. The van der Waals surface area contributed by atoms with Crippen molar-refractivity contribution in [3.8, 4) is 0 Å².